The molecule has 0 aromatic rings. The molecule has 1 aliphatic rings. The molecule has 6 nitrogen and oxygen atoms in total. The lowest BCUT2D eigenvalue weighted by atomic mass is 9.93. The summed E-state index contributed by atoms with van der Waals surface area (Å²) in [4.78, 5) is 22.1. The molecule has 0 saturated carbocycles. The number of aliphatic hydroxyl groups is 1. The van der Waals surface area contributed by atoms with Gasteiger partial charge < -0.3 is 20.8 Å². The fourth-order valence-electron chi connectivity index (χ4n) is 2.27. The molecule has 4 N–H and O–H groups in total. The van der Waals surface area contributed by atoms with Crippen LogP contribution in [-0.2, 0) is 9.59 Å². The van der Waals surface area contributed by atoms with Crippen LogP contribution in [0.15, 0.2) is 0 Å². The van der Waals surface area contributed by atoms with Crippen LogP contribution in [0, 0.1) is 5.92 Å². The van der Waals surface area contributed by atoms with Crippen molar-refractivity contribution in [3.63, 3.8) is 0 Å². The molecule has 1 fully saturated rings. The maximum absolute atomic E-state index is 11.6. The monoisotopic (exact) mass is 272 g/mol. The second kappa shape index (κ2) is 7.45. The van der Waals surface area contributed by atoms with Crippen molar-refractivity contribution in [3.05, 3.63) is 0 Å². The van der Waals surface area contributed by atoms with Crippen molar-refractivity contribution in [3.8, 4) is 0 Å². The second-order valence-corrected chi connectivity index (χ2v) is 5.58. The average Bonchev–Trinajstić information content (AvgIpc) is 2.34. The Kier molecular flexibility index (Phi) is 6.24. The fourth-order valence-corrected chi connectivity index (χ4v) is 2.27. The Labute approximate surface area is 113 Å². The van der Waals surface area contributed by atoms with Crippen molar-refractivity contribution < 1.29 is 19.8 Å². The maximum Gasteiger partial charge on any atom is 0.306 e. The molecule has 0 bridgehead atoms. The standard InChI is InChI=1S/C13H24N2O4/c1-13(19,8-12(17)18)9-15-11(16)3-2-10-4-6-14-7-5-10/h10,14,19H,2-9H2,1H3,(H,15,16)(H,17,18). The summed E-state index contributed by atoms with van der Waals surface area (Å²) < 4.78 is 0. The molecule has 0 aromatic carbocycles. The van der Waals surface area contributed by atoms with Gasteiger partial charge in [0.2, 0.25) is 5.91 Å². The highest BCUT2D eigenvalue weighted by molar-refractivity contribution is 5.76. The molecule has 1 rings (SSSR count). The molecular weight excluding hydrogens is 248 g/mol. The Hall–Kier alpha value is -1.14. The van der Waals surface area contributed by atoms with Crippen LogP contribution in [0.3, 0.4) is 0 Å². The SMILES string of the molecule is CC(O)(CNC(=O)CCC1CCNCC1)CC(=O)O. The first-order valence-electron chi connectivity index (χ1n) is 6.81. The molecule has 110 valence electrons. The van der Waals surface area contributed by atoms with Gasteiger partial charge in [-0.2, -0.15) is 0 Å². The molecule has 1 atom stereocenters. The molecular formula is C13H24N2O4. The zero-order valence-electron chi connectivity index (χ0n) is 11.4. The lowest BCUT2D eigenvalue weighted by molar-refractivity contribution is -0.142. The summed E-state index contributed by atoms with van der Waals surface area (Å²) in [6, 6.07) is 0. The molecule has 1 aliphatic heterocycles. The average molecular weight is 272 g/mol. The van der Waals surface area contributed by atoms with E-state index in [9.17, 15) is 14.7 Å². The Morgan fingerprint density at radius 3 is 2.58 bits per heavy atom. The highest BCUT2D eigenvalue weighted by atomic mass is 16.4. The zero-order chi connectivity index (χ0) is 14.3. The Morgan fingerprint density at radius 2 is 2.00 bits per heavy atom. The van der Waals surface area contributed by atoms with Crippen LogP contribution >= 0.6 is 0 Å². The molecule has 6 heteroatoms. The predicted molar refractivity (Wildman–Crippen MR) is 70.7 cm³/mol. The summed E-state index contributed by atoms with van der Waals surface area (Å²) in [5, 5.41) is 24.2. The quantitative estimate of drug-likeness (QED) is 0.527. The Bertz CT molecular complexity index is 312. The van der Waals surface area contributed by atoms with Crippen molar-refractivity contribution in [1.29, 1.82) is 0 Å². The largest absolute Gasteiger partial charge is 0.481 e. The van der Waals surface area contributed by atoms with Gasteiger partial charge in [-0.3, -0.25) is 9.59 Å². The molecule has 1 unspecified atom stereocenters. The third-order valence-corrected chi connectivity index (χ3v) is 3.44. The van der Waals surface area contributed by atoms with Crippen LogP contribution in [0.2, 0.25) is 0 Å². The van der Waals surface area contributed by atoms with E-state index in [1.54, 1.807) is 0 Å². The number of carboxylic acids is 1. The Balaban J connectivity index is 2.18. The minimum atomic E-state index is -1.39. The number of piperidine rings is 1. The Morgan fingerprint density at radius 1 is 1.37 bits per heavy atom. The van der Waals surface area contributed by atoms with Crippen LogP contribution in [0.25, 0.3) is 0 Å². The molecule has 1 heterocycles. The number of carboxylic acid groups (broad SMARTS) is 1. The van der Waals surface area contributed by atoms with Gasteiger partial charge in [0, 0.05) is 13.0 Å². The first-order valence-corrected chi connectivity index (χ1v) is 6.81. The summed E-state index contributed by atoms with van der Waals surface area (Å²) in [7, 11) is 0. The zero-order valence-corrected chi connectivity index (χ0v) is 11.4. The lowest BCUT2D eigenvalue weighted by Gasteiger charge is -2.23. The molecule has 1 amide bonds. The van der Waals surface area contributed by atoms with E-state index in [1.807, 2.05) is 0 Å². The molecule has 0 aliphatic carbocycles. The van der Waals surface area contributed by atoms with Crippen molar-refractivity contribution >= 4 is 11.9 Å². The molecule has 19 heavy (non-hydrogen) atoms. The van der Waals surface area contributed by atoms with Crippen molar-refractivity contribution in [2.24, 2.45) is 5.92 Å². The minimum absolute atomic E-state index is 0.0235. The fraction of sp³-hybridized carbons (Fsp3) is 0.846. The molecule has 1 saturated heterocycles. The van der Waals surface area contributed by atoms with Crippen LogP contribution in [0.4, 0.5) is 0 Å². The van der Waals surface area contributed by atoms with Crippen LogP contribution < -0.4 is 10.6 Å². The van der Waals surface area contributed by atoms with E-state index in [4.69, 9.17) is 5.11 Å². The smallest absolute Gasteiger partial charge is 0.306 e. The summed E-state index contributed by atoms with van der Waals surface area (Å²) in [5.41, 5.74) is -1.39. The van der Waals surface area contributed by atoms with Crippen LogP contribution in [0.5, 0.6) is 0 Å². The third-order valence-electron chi connectivity index (χ3n) is 3.44. The van der Waals surface area contributed by atoms with E-state index in [1.165, 1.54) is 6.92 Å². The van der Waals surface area contributed by atoms with Gasteiger partial charge in [0.15, 0.2) is 0 Å². The summed E-state index contributed by atoms with van der Waals surface area (Å²) in [6.07, 6.45) is 3.12. The van der Waals surface area contributed by atoms with Crippen molar-refractivity contribution in [2.45, 2.75) is 44.6 Å². The summed E-state index contributed by atoms with van der Waals surface area (Å²) >= 11 is 0. The predicted octanol–water partition coefficient (Wildman–Crippen LogP) is 0.108. The number of amides is 1. The van der Waals surface area contributed by atoms with E-state index in [0.29, 0.717) is 12.3 Å². The summed E-state index contributed by atoms with van der Waals surface area (Å²) in [5.74, 6) is -0.607. The van der Waals surface area contributed by atoms with E-state index >= 15 is 0 Å². The van der Waals surface area contributed by atoms with Crippen LogP contribution in [-0.4, -0.2) is 47.3 Å². The summed E-state index contributed by atoms with van der Waals surface area (Å²) in [6.45, 7) is 3.41. The topological polar surface area (TPSA) is 98.7 Å². The minimum Gasteiger partial charge on any atom is -0.481 e. The number of rotatable bonds is 7. The number of carbonyl (C=O) groups is 2. The van der Waals surface area contributed by atoms with Gasteiger partial charge in [0.05, 0.1) is 12.0 Å². The molecule has 0 spiro atoms. The van der Waals surface area contributed by atoms with Gasteiger partial charge >= 0.3 is 5.97 Å². The highest BCUT2D eigenvalue weighted by Crippen LogP contribution is 2.17. The van der Waals surface area contributed by atoms with E-state index < -0.39 is 11.6 Å². The van der Waals surface area contributed by atoms with E-state index in [0.717, 1.165) is 32.4 Å². The van der Waals surface area contributed by atoms with Crippen molar-refractivity contribution in [2.75, 3.05) is 19.6 Å². The number of hydrogen-bond acceptors (Lipinski definition) is 4. The van der Waals surface area contributed by atoms with Gasteiger partial charge in [0.25, 0.3) is 0 Å². The third kappa shape index (κ3) is 7.12. The lowest BCUT2D eigenvalue weighted by Crippen LogP contribution is -2.42. The number of nitrogens with one attached hydrogen (secondary N) is 2. The number of carbonyl (C=O) groups excluding carboxylic acids is 1. The van der Waals surface area contributed by atoms with E-state index in [2.05, 4.69) is 10.6 Å². The van der Waals surface area contributed by atoms with Gasteiger partial charge in [-0.25, -0.2) is 0 Å². The number of aliphatic carboxylic acids is 1. The second-order valence-electron chi connectivity index (χ2n) is 5.58. The number of hydrogen-bond donors (Lipinski definition) is 4. The van der Waals surface area contributed by atoms with Gasteiger partial charge in [-0.15, -0.1) is 0 Å². The highest BCUT2D eigenvalue weighted by Gasteiger charge is 2.25. The van der Waals surface area contributed by atoms with Crippen molar-refractivity contribution in [1.82, 2.24) is 10.6 Å². The first kappa shape index (κ1) is 15.9. The molecule has 0 radical (unpaired) electrons. The van der Waals surface area contributed by atoms with Gasteiger partial charge in [0.1, 0.15) is 0 Å². The van der Waals surface area contributed by atoms with E-state index in [-0.39, 0.29) is 18.9 Å². The van der Waals surface area contributed by atoms with Gasteiger partial charge in [-0.1, -0.05) is 0 Å². The first-order chi connectivity index (χ1) is 8.89. The normalized spacial score (nSPS) is 19.7. The van der Waals surface area contributed by atoms with Crippen LogP contribution in [0.1, 0.15) is 39.0 Å². The van der Waals surface area contributed by atoms with Gasteiger partial charge in [-0.05, 0) is 45.2 Å². The maximum atomic E-state index is 11.6. The molecule has 0 aromatic heterocycles.